The van der Waals surface area contributed by atoms with Crippen molar-refractivity contribution in [2.75, 3.05) is 19.6 Å². The van der Waals surface area contributed by atoms with E-state index in [1.54, 1.807) is 0 Å². The molecule has 1 fully saturated rings. The fourth-order valence-electron chi connectivity index (χ4n) is 3.16. The molecule has 1 N–H and O–H groups in total. The van der Waals surface area contributed by atoms with Gasteiger partial charge < -0.3 is 10.2 Å². The molecule has 0 aliphatic carbocycles. The Morgan fingerprint density at radius 1 is 1.00 bits per heavy atom. The van der Waals surface area contributed by atoms with Crippen LogP contribution in [-0.4, -0.2) is 36.2 Å². The zero-order chi connectivity index (χ0) is 21.9. The van der Waals surface area contributed by atoms with Gasteiger partial charge in [0.2, 0.25) is 5.91 Å². The lowest BCUT2D eigenvalue weighted by Crippen LogP contribution is -2.41. The highest BCUT2D eigenvalue weighted by atomic mass is 19.1. The third kappa shape index (κ3) is 7.67. The number of halogens is 2. The minimum atomic E-state index is -0.592. The molecule has 0 saturated carbocycles. The van der Waals surface area contributed by atoms with Gasteiger partial charge in [0.25, 0.3) is 0 Å². The number of Topliss-reactive ketones (excluding diaryl/α,β-unsaturated/α-hetero) is 1. The Balaban J connectivity index is 0.000000248. The van der Waals surface area contributed by atoms with E-state index in [0.717, 1.165) is 37.6 Å². The van der Waals surface area contributed by atoms with Crippen molar-refractivity contribution in [3.05, 3.63) is 71.3 Å². The molecule has 0 unspecified atom stereocenters. The minimum Gasteiger partial charge on any atom is -0.342 e. The first kappa shape index (κ1) is 23.7. The van der Waals surface area contributed by atoms with Crippen LogP contribution in [0.5, 0.6) is 0 Å². The molecule has 30 heavy (non-hydrogen) atoms. The lowest BCUT2D eigenvalue weighted by molar-refractivity contribution is -0.131. The van der Waals surface area contributed by atoms with E-state index in [1.807, 2.05) is 49.1 Å². The largest absolute Gasteiger partial charge is 0.342 e. The molecule has 0 atom stereocenters. The standard InChI is InChI=1S/C14H18F2N2O.C10H12O/c15-12-5-4-11(13(16)8-12)9-17-10-14(19)18-6-2-1-3-7-18;1-8(2)10(11)9-6-4-3-5-7-9/h4-5,8,17H,1-3,6-7,9-10H2;3-8H,1-2H3. The third-order valence-corrected chi connectivity index (χ3v) is 4.90. The summed E-state index contributed by atoms with van der Waals surface area (Å²) < 4.78 is 26.1. The predicted octanol–water partition coefficient (Wildman–Crippen LogP) is 4.59. The highest BCUT2D eigenvalue weighted by molar-refractivity contribution is 5.97. The second kappa shape index (κ2) is 12.2. The quantitative estimate of drug-likeness (QED) is 0.701. The molecule has 0 aromatic heterocycles. The van der Waals surface area contributed by atoms with Gasteiger partial charge in [0, 0.05) is 42.7 Å². The van der Waals surface area contributed by atoms with Crippen molar-refractivity contribution < 1.29 is 18.4 Å². The molecule has 0 spiro atoms. The van der Waals surface area contributed by atoms with Gasteiger partial charge >= 0.3 is 0 Å². The molecule has 1 aliphatic rings. The minimum absolute atomic E-state index is 0.0437. The molecular weight excluding hydrogens is 386 g/mol. The van der Waals surface area contributed by atoms with Gasteiger partial charge in [-0.1, -0.05) is 50.2 Å². The summed E-state index contributed by atoms with van der Waals surface area (Å²) in [5.74, 6) is -0.825. The van der Waals surface area contributed by atoms with Crippen molar-refractivity contribution in [1.82, 2.24) is 10.2 Å². The molecule has 0 radical (unpaired) electrons. The van der Waals surface area contributed by atoms with E-state index in [-0.39, 0.29) is 30.7 Å². The Hall–Kier alpha value is -2.60. The van der Waals surface area contributed by atoms with E-state index >= 15 is 0 Å². The number of amides is 1. The molecule has 6 heteroatoms. The zero-order valence-electron chi connectivity index (χ0n) is 17.7. The summed E-state index contributed by atoms with van der Waals surface area (Å²) in [5.41, 5.74) is 1.18. The van der Waals surface area contributed by atoms with Crippen LogP contribution in [0.4, 0.5) is 8.78 Å². The number of nitrogens with one attached hydrogen (secondary N) is 1. The van der Waals surface area contributed by atoms with Gasteiger partial charge in [-0.2, -0.15) is 0 Å². The number of likely N-dealkylation sites (tertiary alicyclic amines) is 1. The number of carbonyl (C=O) groups excluding carboxylic acids is 2. The first-order valence-corrected chi connectivity index (χ1v) is 10.4. The van der Waals surface area contributed by atoms with Crippen molar-refractivity contribution in [2.45, 2.75) is 39.7 Å². The molecule has 1 aliphatic heterocycles. The van der Waals surface area contributed by atoms with E-state index in [0.29, 0.717) is 5.56 Å². The highest BCUT2D eigenvalue weighted by Gasteiger charge is 2.15. The number of nitrogens with zero attached hydrogens (tertiary/aromatic N) is 1. The number of rotatable bonds is 6. The summed E-state index contributed by atoms with van der Waals surface area (Å²) in [6.45, 7) is 5.87. The first-order valence-electron chi connectivity index (χ1n) is 10.4. The third-order valence-electron chi connectivity index (χ3n) is 4.90. The van der Waals surface area contributed by atoms with Gasteiger partial charge in [0.05, 0.1) is 6.54 Å². The second-order valence-corrected chi connectivity index (χ2v) is 7.67. The van der Waals surface area contributed by atoms with E-state index in [9.17, 15) is 18.4 Å². The first-order chi connectivity index (χ1) is 14.4. The fourth-order valence-corrected chi connectivity index (χ4v) is 3.16. The van der Waals surface area contributed by atoms with E-state index < -0.39 is 11.6 Å². The van der Waals surface area contributed by atoms with Gasteiger partial charge in [-0.05, 0) is 25.3 Å². The summed E-state index contributed by atoms with van der Waals surface area (Å²) in [6, 6.07) is 12.8. The normalized spacial score (nSPS) is 13.6. The van der Waals surface area contributed by atoms with Crippen LogP contribution in [0.25, 0.3) is 0 Å². The van der Waals surface area contributed by atoms with Crippen LogP contribution >= 0.6 is 0 Å². The molecule has 162 valence electrons. The maximum Gasteiger partial charge on any atom is 0.236 e. The summed E-state index contributed by atoms with van der Waals surface area (Å²) in [7, 11) is 0. The van der Waals surface area contributed by atoms with Crippen molar-refractivity contribution in [3.63, 3.8) is 0 Å². The molecule has 1 amide bonds. The van der Waals surface area contributed by atoms with E-state index in [2.05, 4.69) is 5.32 Å². The lowest BCUT2D eigenvalue weighted by Gasteiger charge is -2.26. The Morgan fingerprint density at radius 2 is 1.67 bits per heavy atom. The zero-order valence-corrected chi connectivity index (χ0v) is 17.7. The van der Waals surface area contributed by atoms with Crippen LogP contribution < -0.4 is 5.32 Å². The Morgan fingerprint density at radius 3 is 2.27 bits per heavy atom. The molecule has 1 saturated heterocycles. The number of carbonyl (C=O) groups is 2. The van der Waals surface area contributed by atoms with Crippen molar-refractivity contribution >= 4 is 11.7 Å². The smallest absolute Gasteiger partial charge is 0.236 e. The average molecular weight is 417 g/mol. The summed E-state index contributed by atoms with van der Waals surface area (Å²) in [4.78, 5) is 25.0. The maximum atomic E-state index is 13.4. The molecule has 3 rings (SSSR count). The molecule has 2 aromatic rings. The second-order valence-electron chi connectivity index (χ2n) is 7.67. The molecular formula is C24H30F2N2O2. The lowest BCUT2D eigenvalue weighted by atomic mass is 10.0. The van der Waals surface area contributed by atoms with Crippen molar-refractivity contribution in [1.29, 1.82) is 0 Å². The molecule has 0 bridgehead atoms. The summed E-state index contributed by atoms with van der Waals surface area (Å²) in [6.07, 6.45) is 3.29. The highest BCUT2D eigenvalue weighted by Crippen LogP contribution is 2.10. The van der Waals surface area contributed by atoms with Crippen LogP contribution in [-0.2, 0) is 11.3 Å². The number of piperidine rings is 1. The number of hydrogen-bond donors (Lipinski definition) is 1. The van der Waals surface area contributed by atoms with E-state index in [4.69, 9.17) is 0 Å². The van der Waals surface area contributed by atoms with Crippen LogP contribution in [0.2, 0.25) is 0 Å². The number of benzene rings is 2. The van der Waals surface area contributed by atoms with Gasteiger partial charge in [-0.15, -0.1) is 0 Å². The summed E-state index contributed by atoms with van der Waals surface area (Å²) >= 11 is 0. The van der Waals surface area contributed by atoms with Gasteiger partial charge in [0.15, 0.2) is 5.78 Å². The monoisotopic (exact) mass is 416 g/mol. The van der Waals surface area contributed by atoms with Gasteiger partial charge in [-0.3, -0.25) is 9.59 Å². The molecule has 4 nitrogen and oxygen atoms in total. The fraction of sp³-hybridized carbons (Fsp3) is 0.417. The molecule has 2 aromatic carbocycles. The maximum absolute atomic E-state index is 13.4. The average Bonchev–Trinajstić information content (AvgIpc) is 2.76. The topological polar surface area (TPSA) is 49.4 Å². The Kier molecular flexibility index (Phi) is 9.61. The Labute approximate surface area is 177 Å². The van der Waals surface area contributed by atoms with Crippen molar-refractivity contribution in [3.8, 4) is 0 Å². The van der Waals surface area contributed by atoms with E-state index in [1.165, 1.54) is 18.6 Å². The Bertz CT molecular complexity index is 819. The summed E-state index contributed by atoms with van der Waals surface area (Å²) in [5, 5.41) is 2.91. The number of ketones is 1. The SMILES string of the molecule is CC(C)C(=O)c1ccccc1.O=C(CNCc1ccc(F)cc1F)N1CCCCC1. The van der Waals surface area contributed by atoms with Crippen molar-refractivity contribution in [2.24, 2.45) is 5.92 Å². The van der Waals surface area contributed by atoms with Crippen LogP contribution in [0.1, 0.15) is 49.0 Å². The van der Waals surface area contributed by atoms with Crippen LogP contribution in [0.15, 0.2) is 48.5 Å². The van der Waals surface area contributed by atoms with Gasteiger partial charge in [-0.25, -0.2) is 8.78 Å². The number of hydrogen-bond acceptors (Lipinski definition) is 3. The van der Waals surface area contributed by atoms with Gasteiger partial charge in [0.1, 0.15) is 11.6 Å². The molecule has 1 heterocycles. The predicted molar refractivity (Wildman–Crippen MR) is 114 cm³/mol. The van der Waals surface area contributed by atoms with Crippen LogP contribution in [0.3, 0.4) is 0 Å². The van der Waals surface area contributed by atoms with Crippen LogP contribution in [0, 0.1) is 17.6 Å².